The van der Waals surface area contributed by atoms with Crippen LogP contribution in [-0.4, -0.2) is 26.4 Å². The number of benzene rings is 2. The number of thioether (sulfide) groups is 1. The molecule has 0 bridgehead atoms. The van der Waals surface area contributed by atoms with Crippen molar-refractivity contribution in [2.45, 2.75) is 5.75 Å². The molecule has 3 aromatic rings. The summed E-state index contributed by atoms with van der Waals surface area (Å²) in [6.07, 6.45) is 0. The summed E-state index contributed by atoms with van der Waals surface area (Å²) in [6.45, 7) is 0. The van der Waals surface area contributed by atoms with Crippen LogP contribution in [0.25, 0.3) is 0 Å². The normalized spacial score (nSPS) is 11.5. The summed E-state index contributed by atoms with van der Waals surface area (Å²) in [5, 5.41) is 11.4. The number of nitrogens with zero attached hydrogens (tertiary/aromatic N) is 3. The number of rotatable bonds is 5. The number of aromatic hydroxyl groups is 1. The van der Waals surface area contributed by atoms with E-state index in [1.165, 1.54) is 25.9 Å². The second kappa shape index (κ2) is 9.23. The van der Waals surface area contributed by atoms with Crippen LogP contribution in [0.5, 0.6) is 11.6 Å². The Kier molecular flexibility index (Phi) is 6.69. The third-order valence-corrected chi connectivity index (χ3v) is 5.87. The first-order chi connectivity index (χ1) is 14.3. The van der Waals surface area contributed by atoms with Crippen molar-refractivity contribution in [3.05, 3.63) is 85.5 Å². The van der Waals surface area contributed by atoms with E-state index in [1.54, 1.807) is 37.4 Å². The molecule has 30 heavy (non-hydrogen) atoms. The molecular formula is C21H20ClN3O4S. The van der Waals surface area contributed by atoms with Gasteiger partial charge in [0, 0.05) is 24.9 Å². The number of ether oxygens (including phenoxy) is 1. The van der Waals surface area contributed by atoms with Crippen molar-refractivity contribution in [1.82, 2.24) is 9.13 Å². The third-order valence-electron chi connectivity index (χ3n) is 4.47. The number of methoxy groups -OCH3 is 1. The van der Waals surface area contributed by atoms with Crippen LogP contribution in [0.1, 0.15) is 11.1 Å². The monoisotopic (exact) mass is 445 g/mol. The summed E-state index contributed by atoms with van der Waals surface area (Å²) in [5.74, 6) is 0.641. The molecule has 0 saturated heterocycles. The number of aliphatic imine (C=N–C) groups is 1. The maximum absolute atomic E-state index is 12.8. The van der Waals surface area contributed by atoms with Gasteiger partial charge >= 0.3 is 5.69 Å². The first kappa shape index (κ1) is 21.7. The Hall–Kier alpha value is -2.97. The van der Waals surface area contributed by atoms with Crippen LogP contribution in [-0.2, 0) is 19.8 Å². The molecule has 0 saturated carbocycles. The molecule has 1 N–H and O–H groups in total. The number of aromatic nitrogens is 2. The van der Waals surface area contributed by atoms with E-state index < -0.39 is 17.1 Å². The quantitative estimate of drug-likeness (QED) is 0.480. The van der Waals surface area contributed by atoms with Crippen molar-refractivity contribution in [3.63, 3.8) is 0 Å². The first-order valence-corrected chi connectivity index (χ1v) is 10.3. The number of hydrogen-bond acceptors (Lipinski definition) is 6. The molecule has 0 amide bonds. The molecule has 0 aliphatic rings. The fraction of sp³-hybridized carbons (Fsp3) is 0.190. The molecule has 3 rings (SSSR count). The Bertz CT molecular complexity index is 1220. The van der Waals surface area contributed by atoms with Crippen LogP contribution < -0.4 is 16.0 Å². The topological polar surface area (TPSA) is 85.8 Å². The second-order valence-electron chi connectivity index (χ2n) is 6.40. The fourth-order valence-electron chi connectivity index (χ4n) is 2.72. The smallest absolute Gasteiger partial charge is 0.333 e. The predicted octanol–water partition coefficient (Wildman–Crippen LogP) is 3.46. The molecule has 9 heteroatoms. The van der Waals surface area contributed by atoms with Gasteiger partial charge in [0.15, 0.2) is 0 Å². The van der Waals surface area contributed by atoms with Crippen molar-refractivity contribution in [1.29, 1.82) is 0 Å². The Balaban J connectivity index is 2.12. The van der Waals surface area contributed by atoms with Crippen molar-refractivity contribution in [2.24, 2.45) is 19.1 Å². The standard InChI is InChI=1S/C21H20ClN3O4S/c1-24-19(26)17(20(27)25(2)21(24)28)18(23-14-8-10-15(29-3)11-9-14)30-12-13-6-4-5-7-16(13)22/h4-11,26H,12H2,1-3H3. The maximum Gasteiger partial charge on any atom is 0.333 e. The van der Waals surface area contributed by atoms with Gasteiger partial charge in [0.2, 0.25) is 5.88 Å². The molecule has 1 heterocycles. The summed E-state index contributed by atoms with van der Waals surface area (Å²) < 4.78 is 7.11. The minimum Gasteiger partial charge on any atom is -0.497 e. The minimum absolute atomic E-state index is 0.0486. The molecule has 2 aromatic carbocycles. The van der Waals surface area contributed by atoms with Crippen LogP contribution in [0.4, 0.5) is 5.69 Å². The number of hydrogen-bond donors (Lipinski definition) is 1. The molecule has 0 atom stereocenters. The molecule has 0 unspecified atom stereocenters. The average molecular weight is 446 g/mol. The lowest BCUT2D eigenvalue weighted by molar-refractivity contribution is 0.410. The average Bonchev–Trinajstić information content (AvgIpc) is 2.76. The fourth-order valence-corrected chi connectivity index (χ4v) is 4.04. The Morgan fingerprint density at radius 1 is 1.10 bits per heavy atom. The lowest BCUT2D eigenvalue weighted by Crippen LogP contribution is -2.39. The van der Waals surface area contributed by atoms with E-state index in [-0.39, 0.29) is 10.6 Å². The Morgan fingerprint density at radius 2 is 1.77 bits per heavy atom. The zero-order valence-electron chi connectivity index (χ0n) is 16.6. The molecule has 156 valence electrons. The van der Waals surface area contributed by atoms with Crippen LogP contribution in [0.2, 0.25) is 5.02 Å². The van der Waals surface area contributed by atoms with Crippen molar-refractivity contribution >= 4 is 34.1 Å². The first-order valence-electron chi connectivity index (χ1n) is 8.91. The van der Waals surface area contributed by atoms with E-state index >= 15 is 0 Å². The van der Waals surface area contributed by atoms with Crippen LogP contribution in [0.15, 0.2) is 63.1 Å². The van der Waals surface area contributed by atoms with Crippen LogP contribution in [0, 0.1) is 0 Å². The highest BCUT2D eigenvalue weighted by atomic mass is 35.5. The SMILES string of the molecule is COc1ccc(N=C(SCc2ccccc2Cl)c2c(O)n(C)c(=O)n(C)c2=O)cc1. The van der Waals surface area contributed by atoms with Crippen molar-refractivity contribution in [3.8, 4) is 11.6 Å². The molecule has 7 nitrogen and oxygen atoms in total. The van der Waals surface area contributed by atoms with Gasteiger partial charge in [-0.05, 0) is 35.9 Å². The van der Waals surface area contributed by atoms with E-state index in [0.29, 0.717) is 22.2 Å². The maximum atomic E-state index is 12.8. The van der Waals surface area contributed by atoms with Gasteiger partial charge in [-0.3, -0.25) is 13.9 Å². The second-order valence-corrected chi connectivity index (χ2v) is 7.77. The van der Waals surface area contributed by atoms with Gasteiger partial charge in [0.25, 0.3) is 5.56 Å². The third kappa shape index (κ3) is 4.44. The largest absolute Gasteiger partial charge is 0.497 e. The van der Waals surface area contributed by atoms with E-state index in [0.717, 1.165) is 14.7 Å². The highest BCUT2D eigenvalue weighted by Gasteiger charge is 2.21. The van der Waals surface area contributed by atoms with E-state index in [9.17, 15) is 14.7 Å². The minimum atomic E-state index is -0.630. The zero-order chi connectivity index (χ0) is 21.8. The number of halogens is 1. The molecule has 0 fully saturated rings. The van der Waals surface area contributed by atoms with Crippen molar-refractivity contribution in [2.75, 3.05) is 7.11 Å². The summed E-state index contributed by atoms with van der Waals surface area (Å²) in [7, 11) is 4.32. The summed E-state index contributed by atoms with van der Waals surface area (Å²) in [6, 6.07) is 14.3. The zero-order valence-corrected chi connectivity index (χ0v) is 18.2. The molecule has 0 radical (unpaired) electrons. The van der Waals surface area contributed by atoms with Crippen LogP contribution >= 0.6 is 23.4 Å². The summed E-state index contributed by atoms with van der Waals surface area (Å²) in [4.78, 5) is 29.5. The van der Waals surface area contributed by atoms with Gasteiger partial charge in [-0.1, -0.05) is 29.8 Å². The highest BCUT2D eigenvalue weighted by molar-refractivity contribution is 8.13. The van der Waals surface area contributed by atoms with Gasteiger partial charge in [0.05, 0.1) is 12.8 Å². The lowest BCUT2D eigenvalue weighted by atomic mass is 10.2. The molecule has 0 aliphatic carbocycles. The molecule has 0 aliphatic heterocycles. The van der Waals surface area contributed by atoms with Gasteiger partial charge in [-0.25, -0.2) is 9.79 Å². The van der Waals surface area contributed by atoms with Gasteiger partial charge < -0.3 is 9.84 Å². The lowest BCUT2D eigenvalue weighted by Gasteiger charge is -2.13. The van der Waals surface area contributed by atoms with E-state index in [4.69, 9.17) is 16.3 Å². The predicted molar refractivity (Wildman–Crippen MR) is 121 cm³/mol. The van der Waals surface area contributed by atoms with Crippen molar-refractivity contribution < 1.29 is 9.84 Å². The molecule has 1 aromatic heterocycles. The van der Waals surface area contributed by atoms with Gasteiger partial charge in [-0.2, -0.15) is 0 Å². The highest BCUT2D eigenvalue weighted by Crippen LogP contribution is 2.28. The molecular weight excluding hydrogens is 426 g/mol. The van der Waals surface area contributed by atoms with Gasteiger partial charge in [0.1, 0.15) is 16.4 Å². The van der Waals surface area contributed by atoms with E-state index in [2.05, 4.69) is 4.99 Å². The summed E-state index contributed by atoms with van der Waals surface area (Å²) >= 11 is 7.50. The van der Waals surface area contributed by atoms with E-state index in [1.807, 2.05) is 18.2 Å². The Labute approximate surface area is 182 Å². The Morgan fingerprint density at radius 3 is 2.40 bits per heavy atom. The van der Waals surface area contributed by atoms with Crippen LogP contribution in [0.3, 0.4) is 0 Å². The van der Waals surface area contributed by atoms with Gasteiger partial charge in [-0.15, -0.1) is 11.8 Å². The summed E-state index contributed by atoms with van der Waals surface area (Å²) in [5.41, 5.74) is 0.114. The molecule has 0 spiro atoms.